The number of aromatic nitrogens is 4. The van der Waals surface area contributed by atoms with Gasteiger partial charge in [-0.3, -0.25) is 9.36 Å². The quantitative estimate of drug-likeness (QED) is 0.853. The summed E-state index contributed by atoms with van der Waals surface area (Å²) in [5.41, 5.74) is 0.801. The van der Waals surface area contributed by atoms with E-state index in [2.05, 4.69) is 20.3 Å². The van der Waals surface area contributed by atoms with Crippen LogP contribution in [-0.2, 0) is 7.05 Å². The average Bonchev–Trinajstić information content (AvgIpc) is 2.65. The normalized spacial score (nSPS) is 20.0. The second-order valence-corrected chi connectivity index (χ2v) is 6.30. The van der Waals surface area contributed by atoms with Gasteiger partial charge in [0.2, 0.25) is 5.95 Å². The summed E-state index contributed by atoms with van der Waals surface area (Å²) in [4.78, 5) is 37.8. The molecule has 0 aliphatic carbocycles. The Bertz CT molecular complexity index is 838. The summed E-state index contributed by atoms with van der Waals surface area (Å²) < 4.78 is 1.43. The molecule has 9 heteroatoms. The maximum Gasteiger partial charge on any atom is 0.407 e. The van der Waals surface area contributed by atoms with E-state index in [1.54, 1.807) is 19.3 Å². The third-order valence-corrected chi connectivity index (χ3v) is 4.74. The number of hydrogen-bond acceptors (Lipinski definition) is 6. The number of amides is 1. The molecular weight excluding hydrogens is 336 g/mol. The van der Waals surface area contributed by atoms with E-state index in [0.29, 0.717) is 30.3 Å². The highest BCUT2D eigenvalue weighted by Gasteiger charge is 2.33. The molecule has 2 aromatic rings. The van der Waals surface area contributed by atoms with Gasteiger partial charge in [0, 0.05) is 31.9 Å². The molecule has 1 aliphatic heterocycles. The van der Waals surface area contributed by atoms with Gasteiger partial charge in [0.15, 0.2) is 0 Å². The minimum absolute atomic E-state index is 0.108. The van der Waals surface area contributed by atoms with Gasteiger partial charge in [0.05, 0.1) is 17.4 Å². The van der Waals surface area contributed by atoms with Crippen molar-refractivity contribution in [3.63, 3.8) is 0 Å². The summed E-state index contributed by atoms with van der Waals surface area (Å²) in [5.74, 6) is 0.404. The lowest BCUT2D eigenvalue weighted by Crippen LogP contribution is -2.53. The third kappa shape index (κ3) is 3.51. The summed E-state index contributed by atoms with van der Waals surface area (Å²) in [7, 11) is 1.64. The van der Waals surface area contributed by atoms with Crippen LogP contribution in [0.15, 0.2) is 29.5 Å². The lowest BCUT2D eigenvalue weighted by molar-refractivity contribution is 0.0992. The molecule has 0 bridgehead atoms. The number of carbonyl (C=O) groups is 1. The van der Waals surface area contributed by atoms with Crippen molar-refractivity contribution in [2.24, 2.45) is 7.05 Å². The minimum atomic E-state index is -0.917. The summed E-state index contributed by atoms with van der Waals surface area (Å²) in [6.07, 6.45) is 4.34. The lowest BCUT2D eigenvalue weighted by Gasteiger charge is -2.39. The van der Waals surface area contributed by atoms with E-state index in [9.17, 15) is 14.7 Å². The third-order valence-electron chi connectivity index (χ3n) is 4.74. The number of likely N-dealkylation sites (tertiary alicyclic amines) is 1. The molecule has 138 valence electrons. The zero-order valence-corrected chi connectivity index (χ0v) is 14.8. The number of nitrogens with zero attached hydrogens (tertiary/aromatic N) is 5. The molecule has 26 heavy (non-hydrogen) atoms. The molecule has 1 fully saturated rings. The number of carboxylic acid groups (broad SMARTS) is 1. The molecule has 0 spiro atoms. The van der Waals surface area contributed by atoms with Gasteiger partial charge in [-0.05, 0) is 25.3 Å². The van der Waals surface area contributed by atoms with Crippen molar-refractivity contribution in [1.29, 1.82) is 0 Å². The molecule has 2 aromatic heterocycles. The molecule has 1 amide bonds. The average molecular weight is 358 g/mol. The van der Waals surface area contributed by atoms with E-state index >= 15 is 0 Å². The Morgan fingerprint density at radius 1 is 1.42 bits per heavy atom. The Balaban J connectivity index is 1.92. The van der Waals surface area contributed by atoms with Gasteiger partial charge < -0.3 is 15.3 Å². The van der Waals surface area contributed by atoms with Crippen LogP contribution in [0.2, 0.25) is 0 Å². The van der Waals surface area contributed by atoms with E-state index in [0.717, 1.165) is 12.8 Å². The fourth-order valence-corrected chi connectivity index (χ4v) is 3.38. The molecule has 9 nitrogen and oxygen atoms in total. The monoisotopic (exact) mass is 358 g/mol. The number of hydrogen-bond donors (Lipinski definition) is 2. The zero-order valence-electron chi connectivity index (χ0n) is 14.8. The van der Waals surface area contributed by atoms with Crippen molar-refractivity contribution >= 4 is 12.0 Å². The Hall–Kier alpha value is -2.97. The highest BCUT2D eigenvalue weighted by Crippen LogP contribution is 2.23. The van der Waals surface area contributed by atoms with Crippen LogP contribution in [0.4, 0.5) is 10.7 Å². The molecule has 0 aromatic carbocycles. The van der Waals surface area contributed by atoms with Crippen molar-refractivity contribution in [1.82, 2.24) is 24.4 Å². The van der Waals surface area contributed by atoms with Gasteiger partial charge in [0.25, 0.3) is 5.56 Å². The maximum atomic E-state index is 12.3. The molecule has 1 unspecified atom stereocenters. The standard InChI is InChI=1S/C17H22N6O3/c1-3-14-12(5-4-8-23(14)17(25)26)20-16-21-13(9-15(24)22(16)2)11-6-7-18-10-19-11/h6-7,9-10,12,14H,3-5,8H2,1-2H3,(H,20,21)(H,25,26)/t12-,14?/m1/s1. The predicted molar refractivity (Wildman–Crippen MR) is 96.0 cm³/mol. The number of anilines is 1. The van der Waals surface area contributed by atoms with E-state index in [4.69, 9.17) is 0 Å². The number of rotatable bonds is 4. The minimum Gasteiger partial charge on any atom is -0.465 e. The first-order chi connectivity index (χ1) is 12.5. The van der Waals surface area contributed by atoms with E-state index in [1.807, 2.05) is 6.92 Å². The maximum absolute atomic E-state index is 12.3. The molecule has 1 aliphatic rings. The van der Waals surface area contributed by atoms with E-state index in [1.165, 1.54) is 21.9 Å². The van der Waals surface area contributed by atoms with Crippen LogP contribution < -0.4 is 10.9 Å². The van der Waals surface area contributed by atoms with Crippen LogP contribution in [0.5, 0.6) is 0 Å². The van der Waals surface area contributed by atoms with Gasteiger partial charge >= 0.3 is 6.09 Å². The summed E-state index contributed by atoms with van der Waals surface area (Å²) in [5, 5.41) is 12.7. The van der Waals surface area contributed by atoms with Crippen LogP contribution in [-0.4, -0.2) is 54.2 Å². The SMILES string of the molecule is CCC1[C@H](Nc2nc(-c3ccncn3)cc(=O)n2C)CCCN1C(=O)O. The Morgan fingerprint density at radius 2 is 2.23 bits per heavy atom. The van der Waals surface area contributed by atoms with E-state index < -0.39 is 6.09 Å². The summed E-state index contributed by atoms with van der Waals surface area (Å²) in [6.45, 7) is 2.49. The molecule has 1 saturated heterocycles. The van der Waals surface area contributed by atoms with Gasteiger partial charge in [-0.15, -0.1) is 0 Å². The van der Waals surface area contributed by atoms with Crippen molar-refractivity contribution in [3.05, 3.63) is 35.0 Å². The Morgan fingerprint density at radius 3 is 2.88 bits per heavy atom. The number of piperidine rings is 1. The summed E-state index contributed by atoms with van der Waals surface area (Å²) in [6, 6.07) is 2.84. The molecule has 3 heterocycles. The van der Waals surface area contributed by atoms with Gasteiger partial charge in [-0.25, -0.2) is 19.7 Å². The van der Waals surface area contributed by atoms with Gasteiger partial charge in [0.1, 0.15) is 6.33 Å². The van der Waals surface area contributed by atoms with Gasteiger partial charge in [-0.1, -0.05) is 6.92 Å². The Labute approximate surface area is 150 Å². The van der Waals surface area contributed by atoms with Crippen LogP contribution in [0.3, 0.4) is 0 Å². The summed E-state index contributed by atoms with van der Waals surface area (Å²) >= 11 is 0. The molecule has 0 radical (unpaired) electrons. The van der Waals surface area contributed by atoms with Crippen molar-refractivity contribution in [2.75, 3.05) is 11.9 Å². The molecule has 2 atom stereocenters. The number of nitrogens with one attached hydrogen (secondary N) is 1. The topological polar surface area (TPSA) is 113 Å². The van der Waals surface area contributed by atoms with Crippen molar-refractivity contribution in [3.8, 4) is 11.4 Å². The van der Waals surface area contributed by atoms with Crippen LogP contribution in [0, 0.1) is 0 Å². The van der Waals surface area contributed by atoms with Gasteiger partial charge in [-0.2, -0.15) is 0 Å². The predicted octanol–water partition coefficient (Wildman–Crippen LogP) is 1.57. The second kappa shape index (κ2) is 7.51. The highest BCUT2D eigenvalue weighted by atomic mass is 16.4. The van der Waals surface area contributed by atoms with Crippen molar-refractivity contribution < 1.29 is 9.90 Å². The van der Waals surface area contributed by atoms with Crippen LogP contribution >= 0.6 is 0 Å². The highest BCUT2D eigenvalue weighted by molar-refractivity contribution is 5.66. The molecule has 3 rings (SSSR count). The first-order valence-electron chi connectivity index (χ1n) is 8.61. The molecular formula is C17H22N6O3. The first-order valence-corrected chi connectivity index (χ1v) is 8.61. The fourth-order valence-electron chi connectivity index (χ4n) is 3.38. The molecule has 0 saturated carbocycles. The first kappa shape index (κ1) is 17.8. The Kier molecular flexibility index (Phi) is 5.15. The largest absolute Gasteiger partial charge is 0.465 e. The lowest BCUT2D eigenvalue weighted by atomic mass is 9.94. The molecule has 2 N–H and O–H groups in total. The van der Waals surface area contributed by atoms with Crippen LogP contribution in [0.1, 0.15) is 26.2 Å². The van der Waals surface area contributed by atoms with E-state index in [-0.39, 0.29) is 17.6 Å². The smallest absolute Gasteiger partial charge is 0.407 e. The zero-order chi connectivity index (χ0) is 18.7. The fraction of sp³-hybridized carbons (Fsp3) is 0.471. The van der Waals surface area contributed by atoms with Crippen molar-refractivity contribution in [2.45, 2.75) is 38.3 Å². The second-order valence-electron chi connectivity index (χ2n) is 6.30. The van der Waals surface area contributed by atoms with Crippen LogP contribution in [0.25, 0.3) is 11.4 Å².